The normalized spacial score (nSPS) is 12.1. The summed E-state index contributed by atoms with van der Waals surface area (Å²) in [6.45, 7) is 4.23. The van der Waals surface area contributed by atoms with Crippen LogP contribution in [-0.2, 0) is 17.6 Å². The second-order valence-corrected chi connectivity index (χ2v) is 8.66. The molecule has 2 aromatic carbocycles. The van der Waals surface area contributed by atoms with Crippen LogP contribution in [0.15, 0.2) is 54.9 Å². The number of ether oxygens (including phenoxy) is 2. The van der Waals surface area contributed by atoms with Crippen LogP contribution in [0.3, 0.4) is 0 Å². The average Bonchev–Trinajstić information content (AvgIpc) is 2.86. The summed E-state index contributed by atoms with van der Waals surface area (Å²) in [5.74, 6) is 1.52. The van der Waals surface area contributed by atoms with Crippen molar-refractivity contribution < 1.29 is 14.3 Å². The minimum absolute atomic E-state index is 0.0833. The third-order valence-electron chi connectivity index (χ3n) is 6.08. The van der Waals surface area contributed by atoms with E-state index < -0.39 is 0 Å². The van der Waals surface area contributed by atoms with Crippen LogP contribution in [0, 0.1) is 0 Å². The van der Waals surface area contributed by atoms with Crippen LogP contribution in [0.25, 0.3) is 16.8 Å². The van der Waals surface area contributed by atoms with Crippen LogP contribution in [0.2, 0.25) is 0 Å². The van der Waals surface area contributed by atoms with Gasteiger partial charge in [0, 0.05) is 29.9 Å². The number of hydrogen-bond donors (Lipinski definition) is 1. The SMILES string of the molecule is CCCCc1c(C=CC(=O)N[C@H](C)CCCc2cccnc2)cc(OC)c2ccc(OC)cc12. The molecule has 0 fully saturated rings. The molecular weight excluding hydrogens is 424 g/mol. The first kappa shape index (κ1) is 25.3. The maximum Gasteiger partial charge on any atom is 0.244 e. The molecule has 1 atom stereocenters. The molecule has 5 heteroatoms. The van der Waals surface area contributed by atoms with Crippen LogP contribution in [-0.4, -0.2) is 31.2 Å². The standard InChI is InChI=1S/C29H36N2O3/c1-5-6-12-25-23(18-28(34-4)26-15-14-24(33-3)19-27(25)26)13-16-29(32)31-21(2)9-7-10-22-11-8-17-30-20-22/h8,11,13-21H,5-7,9-10,12H2,1-4H3,(H,31,32)/t21-/m1/s1. The largest absolute Gasteiger partial charge is 0.497 e. The molecule has 0 unspecified atom stereocenters. The zero-order chi connectivity index (χ0) is 24.3. The molecule has 0 saturated heterocycles. The first-order valence-electron chi connectivity index (χ1n) is 12.1. The van der Waals surface area contributed by atoms with E-state index in [0.29, 0.717) is 0 Å². The van der Waals surface area contributed by atoms with Gasteiger partial charge in [0.1, 0.15) is 11.5 Å². The lowest BCUT2D eigenvalue weighted by atomic mass is 9.93. The van der Waals surface area contributed by atoms with E-state index in [1.54, 1.807) is 26.5 Å². The highest BCUT2D eigenvalue weighted by Gasteiger charge is 2.13. The predicted octanol–water partition coefficient (Wildman–Crippen LogP) is 6.14. The molecule has 5 nitrogen and oxygen atoms in total. The van der Waals surface area contributed by atoms with Gasteiger partial charge in [-0.05, 0) is 97.5 Å². The molecule has 0 spiro atoms. The minimum atomic E-state index is -0.0833. The van der Waals surface area contributed by atoms with E-state index in [1.807, 2.05) is 43.5 Å². The number of amides is 1. The lowest BCUT2D eigenvalue weighted by molar-refractivity contribution is -0.117. The smallest absolute Gasteiger partial charge is 0.244 e. The number of methoxy groups -OCH3 is 2. The van der Waals surface area contributed by atoms with Crippen molar-refractivity contribution in [3.8, 4) is 11.5 Å². The molecule has 0 aliphatic carbocycles. The molecule has 0 aliphatic rings. The number of aromatic nitrogens is 1. The molecular formula is C29H36N2O3. The summed E-state index contributed by atoms with van der Waals surface area (Å²) in [6.07, 6.45) is 13.2. The van der Waals surface area contributed by atoms with E-state index in [4.69, 9.17) is 9.47 Å². The maximum atomic E-state index is 12.6. The van der Waals surface area contributed by atoms with Crippen molar-refractivity contribution >= 4 is 22.8 Å². The van der Waals surface area contributed by atoms with Gasteiger partial charge in [-0.1, -0.05) is 19.4 Å². The molecule has 0 saturated carbocycles. The Bertz CT molecular complexity index is 1110. The molecule has 0 aliphatic heterocycles. The van der Waals surface area contributed by atoms with Crippen LogP contribution >= 0.6 is 0 Å². The Morgan fingerprint density at radius 3 is 2.65 bits per heavy atom. The fraction of sp³-hybridized carbons (Fsp3) is 0.379. The Labute approximate surface area is 203 Å². The Balaban J connectivity index is 1.73. The topological polar surface area (TPSA) is 60.5 Å². The van der Waals surface area contributed by atoms with Gasteiger partial charge in [0.15, 0.2) is 0 Å². The van der Waals surface area contributed by atoms with Crippen molar-refractivity contribution in [3.63, 3.8) is 0 Å². The molecule has 1 N–H and O–H groups in total. The maximum absolute atomic E-state index is 12.6. The highest BCUT2D eigenvalue weighted by atomic mass is 16.5. The van der Waals surface area contributed by atoms with Gasteiger partial charge in [-0.15, -0.1) is 0 Å². The van der Waals surface area contributed by atoms with E-state index in [9.17, 15) is 4.79 Å². The number of fused-ring (bicyclic) bond motifs is 1. The van der Waals surface area contributed by atoms with Crippen LogP contribution in [0.1, 0.15) is 56.2 Å². The highest BCUT2D eigenvalue weighted by molar-refractivity contribution is 5.97. The highest BCUT2D eigenvalue weighted by Crippen LogP contribution is 2.35. The molecule has 1 aromatic heterocycles. The summed E-state index contributed by atoms with van der Waals surface area (Å²) in [4.78, 5) is 16.8. The number of unbranched alkanes of at least 4 members (excludes halogenated alkanes) is 1. The molecule has 3 aromatic rings. The summed E-state index contributed by atoms with van der Waals surface area (Å²) in [6, 6.07) is 12.2. The summed E-state index contributed by atoms with van der Waals surface area (Å²) in [5, 5.41) is 5.25. The van der Waals surface area contributed by atoms with Crippen molar-refractivity contribution in [2.75, 3.05) is 14.2 Å². The molecule has 1 heterocycles. The predicted molar refractivity (Wildman–Crippen MR) is 139 cm³/mol. The van der Waals surface area contributed by atoms with E-state index in [1.165, 1.54) is 11.1 Å². The van der Waals surface area contributed by atoms with Gasteiger partial charge in [-0.3, -0.25) is 9.78 Å². The molecule has 180 valence electrons. The lowest BCUT2D eigenvalue weighted by Gasteiger charge is -2.16. The summed E-state index contributed by atoms with van der Waals surface area (Å²) < 4.78 is 11.1. The summed E-state index contributed by atoms with van der Waals surface area (Å²) in [7, 11) is 3.36. The number of carbonyl (C=O) groups excluding carboxylic acids is 1. The van der Waals surface area contributed by atoms with Gasteiger partial charge in [0.05, 0.1) is 14.2 Å². The van der Waals surface area contributed by atoms with Crippen molar-refractivity contribution in [1.82, 2.24) is 10.3 Å². The van der Waals surface area contributed by atoms with E-state index in [2.05, 4.69) is 29.4 Å². The fourth-order valence-electron chi connectivity index (χ4n) is 4.21. The number of hydrogen-bond acceptors (Lipinski definition) is 4. The number of pyridine rings is 1. The van der Waals surface area contributed by atoms with Crippen LogP contribution in [0.5, 0.6) is 11.5 Å². The number of nitrogens with zero attached hydrogens (tertiary/aromatic N) is 1. The zero-order valence-corrected chi connectivity index (χ0v) is 20.8. The molecule has 1 amide bonds. The average molecular weight is 461 g/mol. The van der Waals surface area contributed by atoms with Gasteiger partial charge >= 0.3 is 0 Å². The lowest BCUT2D eigenvalue weighted by Crippen LogP contribution is -2.31. The quantitative estimate of drug-likeness (QED) is 0.330. The van der Waals surface area contributed by atoms with Crippen molar-refractivity contribution in [1.29, 1.82) is 0 Å². The van der Waals surface area contributed by atoms with Crippen molar-refractivity contribution in [3.05, 3.63) is 71.6 Å². The third-order valence-corrected chi connectivity index (χ3v) is 6.08. The van der Waals surface area contributed by atoms with Gasteiger partial charge in [0.2, 0.25) is 5.91 Å². The summed E-state index contributed by atoms with van der Waals surface area (Å²) in [5.41, 5.74) is 3.44. The van der Waals surface area contributed by atoms with Crippen LogP contribution < -0.4 is 14.8 Å². The number of nitrogens with one attached hydrogen (secondary N) is 1. The van der Waals surface area contributed by atoms with E-state index in [0.717, 1.165) is 66.4 Å². The Morgan fingerprint density at radius 2 is 1.94 bits per heavy atom. The minimum Gasteiger partial charge on any atom is -0.497 e. The first-order chi connectivity index (χ1) is 16.5. The second kappa shape index (κ2) is 12.8. The Hall–Kier alpha value is -3.34. The van der Waals surface area contributed by atoms with Crippen molar-refractivity contribution in [2.45, 2.75) is 58.4 Å². The Kier molecular flexibility index (Phi) is 9.51. The van der Waals surface area contributed by atoms with Gasteiger partial charge in [-0.25, -0.2) is 0 Å². The van der Waals surface area contributed by atoms with E-state index >= 15 is 0 Å². The summed E-state index contributed by atoms with van der Waals surface area (Å²) >= 11 is 0. The molecule has 34 heavy (non-hydrogen) atoms. The van der Waals surface area contributed by atoms with Gasteiger partial charge in [0.25, 0.3) is 0 Å². The van der Waals surface area contributed by atoms with Crippen molar-refractivity contribution in [2.24, 2.45) is 0 Å². The van der Waals surface area contributed by atoms with Gasteiger partial charge in [-0.2, -0.15) is 0 Å². The zero-order valence-electron chi connectivity index (χ0n) is 20.8. The molecule has 0 radical (unpaired) electrons. The third kappa shape index (κ3) is 6.83. The van der Waals surface area contributed by atoms with E-state index in [-0.39, 0.29) is 11.9 Å². The Morgan fingerprint density at radius 1 is 1.09 bits per heavy atom. The number of rotatable bonds is 12. The van der Waals surface area contributed by atoms with Gasteiger partial charge < -0.3 is 14.8 Å². The fourth-order valence-corrected chi connectivity index (χ4v) is 4.21. The number of carbonyl (C=O) groups is 1. The first-order valence-corrected chi connectivity index (χ1v) is 12.1. The second-order valence-electron chi connectivity index (χ2n) is 8.66. The number of benzene rings is 2. The number of aryl methyl sites for hydroxylation is 2. The molecule has 3 rings (SSSR count). The van der Waals surface area contributed by atoms with Crippen LogP contribution in [0.4, 0.5) is 0 Å². The monoisotopic (exact) mass is 460 g/mol. The molecule has 0 bridgehead atoms.